The fraction of sp³-hybridized carbons (Fsp3) is 0.312. The summed E-state index contributed by atoms with van der Waals surface area (Å²) in [6.07, 6.45) is 2.80. The molecule has 202 valence electrons. The summed E-state index contributed by atoms with van der Waals surface area (Å²) in [6.45, 7) is 2.71. The van der Waals surface area contributed by atoms with E-state index in [2.05, 4.69) is 12.1 Å². The number of hydrogen-bond acceptors (Lipinski definition) is 6. The smallest absolute Gasteiger partial charge is 0.336 e. The third-order valence-electron chi connectivity index (χ3n) is 7.35. The topological polar surface area (TPSA) is 78.2 Å². The van der Waals surface area contributed by atoms with Crippen molar-refractivity contribution < 1.29 is 23.4 Å². The zero-order valence-corrected chi connectivity index (χ0v) is 22.6. The Balaban J connectivity index is 1.40. The van der Waals surface area contributed by atoms with Crippen LogP contribution in [0.2, 0.25) is 0 Å². The zero-order valence-electron chi connectivity index (χ0n) is 22.6. The standard InChI is InChI=1S/C32H33NO6/c1-21-16-32(35)39-28-18-24(12-13-25(21)28)38-20-27-26-19-30(37-3)29(36-2)17-23(26)14-15-33(27)31(34)11-7-10-22-8-5-4-6-9-22/h4-6,8-9,12-13,16-19,27H,7,10-11,14-15,20H2,1-3H3/t27-/m1/s1. The van der Waals surface area contributed by atoms with Gasteiger partial charge in [-0.05, 0) is 72.7 Å². The van der Waals surface area contributed by atoms with Crippen molar-refractivity contribution in [2.24, 2.45) is 0 Å². The summed E-state index contributed by atoms with van der Waals surface area (Å²) in [4.78, 5) is 27.3. The van der Waals surface area contributed by atoms with Gasteiger partial charge in [0.1, 0.15) is 17.9 Å². The van der Waals surface area contributed by atoms with Gasteiger partial charge in [-0.2, -0.15) is 0 Å². The van der Waals surface area contributed by atoms with Gasteiger partial charge >= 0.3 is 5.63 Å². The van der Waals surface area contributed by atoms with Crippen LogP contribution in [0.15, 0.2) is 75.9 Å². The van der Waals surface area contributed by atoms with Gasteiger partial charge in [0.15, 0.2) is 11.5 Å². The molecule has 1 aliphatic rings. The molecule has 1 atom stereocenters. The van der Waals surface area contributed by atoms with Crippen molar-refractivity contribution in [1.82, 2.24) is 4.90 Å². The van der Waals surface area contributed by atoms with E-state index in [4.69, 9.17) is 18.6 Å². The molecule has 0 saturated heterocycles. The molecular weight excluding hydrogens is 494 g/mol. The number of rotatable bonds is 9. The van der Waals surface area contributed by atoms with E-state index in [9.17, 15) is 9.59 Å². The third-order valence-corrected chi connectivity index (χ3v) is 7.35. The summed E-state index contributed by atoms with van der Waals surface area (Å²) in [5.41, 5.74) is 4.24. The van der Waals surface area contributed by atoms with Crippen LogP contribution < -0.4 is 19.8 Å². The fourth-order valence-corrected chi connectivity index (χ4v) is 5.31. The first kappa shape index (κ1) is 26.4. The number of amides is 1. The van der Waals surface area contributed by atoms with Crippen LogP contribution >= 0.6 is 0 Å². The van der Waals surface area contributed by atoms with Gasteiger partial charge < -0.3 is 23.5 Å². The fourth-order valence-electron chi connectivity index (χ4n) is 5.31. The average Bonchev–Trinajstić information content (AvgIpc) is 2.95. The summed E-state index contributed by atoms with van der Waals surface area (Å²) in [7, 11) is 3.23. The normalized spacial score (nSPS) is 14.6. The van der Waals surface area contributed by atoms with Gasteiger partial charge in [-0.1, -0.05) is 30.3 Å². The Hall–Kier alpha value is -4.26. The van der Waals surface area contributed by atoms with Gasteiger partial charge in [0.05, 0.1) is 20.3 Å². The molecule has 0 saturated carbocycles. The van der Waals surface area contributed by atoms with Gasteiger partial charge in [-0.25, -0.2) is 4.79 Å². The number of carbonyl (C=O) groups excluding carboxylic acids is 1. The lowest BCUT2D eigenvalue weighted by Gasteiger charge is -2.37. The van der Waals surface area contributed by atoms with E-state index in [0.29, 0.717) is 35.8 Å². The van der Waals surface area contributed by atoms with Crippen molar-refractivity contribution in [3.8, 4) is 17.2 Å². The van der Waals surface area contributed by atoms with Gasteiger partial charge in [-0.15, -0.1) is 0 Å². The van der Waals surface area contributed by atoms with Crippen LogP contribution in [-0.2, 0) is 17.6 Å². The monoisotopic (exact) mass is 527 g/mol. The van der Waals surface area contributed by atoms with E-state index in [1.165, 1.54) is 11.6 Å². The molecule has 0 unspecified atom stereocenters. The molecule has 2 heterocycles. The molecule has 0 spiro atoms. The lowest BCUT2D eigenvalue weighted by molar-refractivity contribution is -0.135. The van der Waals surface area contributed by atoms with E-state index in [0.717, 1.165) is 41.3 Å². The highest BCUT2D eigenvalue weighted by Gasteiger charge is 2.32. The van der Waals surface area contributed by atoms with Crippen LogP contribution in [0.1, 0.15) is 41.1 Å². The molecule has 1 aliphatic heterocycles. The van der Waals surface area contributed by atoms with Crippen LogP contribution in [0.3, 0.4) is 0 Å². The van der Waals surface area contributed by atoms with E-state index < -0.39 is 5.63 Å². The first-order chi connectivity index (χ1) is 19.0. The first-order valence-corrected chi connectivity index (χ1v) is 13.2. The van der Waals surface area contributed by atoms with Crippen molar-refractivity contribution in [1.29, 1.82) is 0 Å². The minimum Gasteiger partial charge on any atom is -0.493 e. The molecule has 1 amide bonds. The van der Waals surface area contributed by atoms with Gasteiger partial charge in [0, 0.05) is 30.5 Å². The van der Waals surface area contributed by atoms with Crippen molar-refractivity contribution >= 4 is 16.9 Å². The Bertz CT molecular complexity index is 1530. The van der Waals surface area contributed by atoms with Gasteiger partial charge in [-0.3, -0.25) is 4.79 Å². The Morgan fingerprint density at radius 1 is 1.00 bits per heavy atom. The number of nitrogens with zero attached hydrogens (tertiary/aromatic N) is 1. The molecule has 0 radical (unpaired) electrons. The summed E-state index contributed by atoms with van der Waals surface area (Å²) >= 11 is 0. The molecule has 7 nitrogen and oxygen atoms in total. The van der Waals surface area contributed by atoms with Gasteiger partial charge in [0.25, 0.3) is 0 Å². The molecule has 5 rings (SSSR count). The number of aryl methyl sites for hydroxylation is 2. The van der Waals surface area contributed by atoms with Crippen molar-refractivity contribution in [3.63, 3.8) is 0 Å². The Kier molecular flexibility index (Phi) is 7.87. The highest BCUT2D eigenvalue weighted by molar-refractivity contribution is 5.81. The molecule has 1 aromatic heterocycles. The second-order valence-electron chi connectivity index (χ2n) is 9.82. The largest absolute Gasteiger partial charge is 0.493 e. The zero-order chi connectivity index (χ0) is 27.4. The van der Waals surface area contributed by atoms with E-state index in [1.54, 1.807) is 20.3 Å². The van der Waals surface area contributed by atoms with Crippen LogP contribution in [0, 0.1) is 6.92 Å². The quantitative estimate of drug-likeness (QED) is 0.262. The van der Waals surface area contributed by atoms with Gasteiger partial charge in [0.2, 0.25) is 5.91 Å². The summed E-state index contributed by atoms with van der Waals surface area (Å²) < 4.78 is 22.7. The Morgan fingerprint density at radius 3 is 2.54 bits per heavy atom. The number of ether oxygens (including phenoxy) is 3. The molecule has 0 aliphatic carbocycles. The molecule has 7 heteroatoms. The van der Waals surface area contributed by atoms with Crippen LogP contribution in [0.25, 0.3) is 11.0 Å². The molecule has 0 fully saturated rings. The predicted molar refractivity (Wildman–Crippen MR) is 150 cm³/mol. The summed E-state index contributed by atoms with van der Waals surface area (Å²) in [6, 6.07) is 20.8. The maximum atomic E-state index is 13.5. The van der Waals surface area contributed by atoms with Crippen molar-refractivity contribution in [3.05, 3.63) is 99.4 Å². The van der Waals surface area contributed by atoms with Crippen LogP contribution in [0.4, 0.5) is 0 Å². The average molecular weight is 528 g/mol. The highest BCUT2D eigenvalue weighted by Crippen LogP contribution is 2.39. The number of benzene rings is 3. The number of fused-ring (bicyclic) bond motifs is 2. The van der Waals surface area contributed by atoms with E-state index in [1.807, 2.05) is 54.3 Å². The minimum atomic E-state index is -0.397. The second kappa shape index (κ2) is 11.6. The Labute approximate surface area is 227 Å². The highest BCUT2D eigenvalue weighted by atomic mass is 16.5. The second-order valence-corrected chi connectivity index (χ2v) is 9.82. The maximum absolute atomic E-state index is 13.5. The van der Waals surface area contributed by atoms with E-state index in [-0.39, 0.29) is 18.6 Å². The van der Waals surface area contributed by atoms with Crippen molar-refractivity contribution in [2.45, 2.75) is 38.6 Å². The lowest BCUT2D eigenvalue weighted by Crippen LogP contribution is -2.42. The number of hydrogen-bond donors (Lipinski definition) is 0. The predicted octanol–water partition coefficient (Wildman–Crippen LogP) is 5.65. The molecule has 0 bridgehead atoms. The summed E-state index contributed by atoms with van der Waals surface area (Å²) in [5.74, 6) is 1.95. The molecule has 0 N–H and O–H groups in total. The summed E-state index contributed by atoms with van der Waals surface area (Å²) in [5, 5.41) is 0.858. The van der Waals surface area contributed by atoms with E-state index >= 15 is 0 Å². The third kappa shape index (κ3) is 5.77. The Morgan fingerprint density at radius 2 is 1.77 bits per heavy atom. The number of methoxy groups -OCH3 is 2. The number of carbonyl (C=O) groups is 1. The van der Waals surface area contributed by atoms with Crippen LogP contribution in [0.5, 0.6) is 17.2 Å². The first-order valence-electron chi connectivity index (χ1n) is 13.2. The van der Waals surface area contributed by atoms with Crippen LogP contribution in [-0.4, -0.2) is 38.2 Å². The SMILES string of the molecule is COc1cc2c(cc1OC)[C@@H](COc1ccc3c(C)cc(=O)oc3c1)N(C(=O)CCCc1ccccc1)CC2. The lowest BCUT2D eigenvalue weighted by atomic mass is 9.91. The van der Waals surface area contributed by atoms with Crippen molar-refractivity contribution in [2.75, 3.05) is 27.4 Å². The minimum absolute atomic E-state index is 0.0973. The molecule has 4 aromatic rings. The maximum Gasteiger partial charge on any atom is 0.336 e. The molecule has 3 aromatic carbocycles. The molecular formula is C32H33NO6. The molecule has 39 heavy (non-hydrogen) atoms.